The highest BCUT2D eigenvalue weighted by molar-refractivity contribution is 5.99. The normalized spacial score (nSPS) is 18.8. The quantitative estimate of drug-likeness (QED) is 0.383. The van der Waals surface area contributed by atoms with Crippen molar-refractivity contribution < 1.29 is 26.7 Å². The highest BCUT2D eigenvalue weighted by Gasteiger charge is 2.53. The minimum Gasteiger partial charge on any atom is -0.376 e. The predicted octanol–water partition coefficient (Wildman–Crippen LogP) is 5.31. The third-order valence-corrected chi connectivity index (χ3v) is 7.38. The van der Waals surface area contributed by atoms with Crippen molar-refractivity contribution in [1.82, 2.24) is 19.4 Å². The first-order valence-corrected chi connectivity index (χ1v) is 12.3. The van der Waals surface area contributed by atoms with Crippen molar-refractivity contribution in [3.8, 4) is 0 Å². The Morgan fingerprint density at radius 2 is 1.92 bits per heavy atom. The molecule has 1 aromatic carbocycles. The molecule has 2 N–H and O–H groups in total. The van der Waals surface area contributed by atoms with E-state index in [2.05, 4.69) is 15.6 Å². The number of carbonyl (C=O) groups excluding carboxylic acids is 1. The zero-order chi connectivity index (χ0) is 27.2. The van der Waals surface area contributed by atoms with Crippen molar-refractivity contribution >= 4 is 11.6 Å². The number of halogens is 5. The number of hydrogen-bond donors (Lipinski definition) is 2. The summed E-state index contributed by atoms with van der Waals surface area (Å²) in [6.07, 6.45) is 0.275. The Kier molecular flexibility index (Phi) is 6.74. The van der Waals surface area contributed by atoms with Crippen LogP contribution in [0.2, 0.25) is 0 Å². The van der Waals surface area contributed by atoms with E-state index in [1.54, 1.807) is 12.5 Å². The molecule has 1 saturated carbocycles. The van der Waals surface area contributed by atoms with E-state index < -0.39 is 47.3 Å². The molecule has 3 aromatic rings. The van der Waals surface area contributed by atoms with Crippen LogP contribution in [0.5, 0.6) is 0 Å². The number of amides is 1. The van der Waals surface area contributed by atoms with Crippen LogP contribution in [-0.4, -0.2) is 26.5 Å². The van der Waals surface area contributed by atoms with Crippen LogP contribution in [0, 0.1) is 5.82 Å². The molecule has 2 aliphatic rings. The molecule has 1 aliphatic heterocycles. The number of aryl methyl sites for hydroxylation is 1. The number of benzene rings is 1. The summed E-state index contributed by atoms with van der Waals surface area (Å²) in [5.74, 6) is -1.91. The van der Waals surface area contributed by atoms with Crippen molar-refractivity contribution in [2.45, 2.75) is 69.6 Å². The SMILES string of the molecule is CC(NC(=O)c1cn(C2(C(F)F)CC2)c(=O)cc1N[C@@H]1CCCn2cncc21)c1cccc(C(F)F)c1F. The van der Waals surface area contributed by atoms with Gasteiger partial charge in [0.1, 0.15) is 11.4 Å². The minimum atomic E-state index is -3.04. The first-order chi connectivity index (χ1) is 18.1. The van der Waals surface area contributed by atoms with Gasteiger partial charge in [-0.3, -0.25) is 9.59 Å². The monoisotopic (exact) mass is 535 g/mol. The molecule has 2 aromatic heterocycles. The lowest BCUT2D eigenvalue weighted by Crippen LogP contribution is -2.37. The highest BCUT2D eigenvalue weighted by Crippen LogP contribution is 2.48. The molecule has 202 valence electrons. The maximum Gasteiger partial charge on any atom is 0.266 e. The summed E-state index contributed by atoms with van der Waals surface area (Å²) in [7, 11) is 0. The van der Waals surface area contributed by atoms with Crippen LogP contribution < -0.4 is 16.2 Å². The molecule has 0 radical (unpaired) electrons. The fourth-order valence-electron chi connectivity index (χ4n) is 5.05. The van der Waals surface area contributed by atoms with Gasteiger partial charge < -0.3 is 19.8 Å². The van der Waals surface area contributed by atoms with E-state index in [4.69, 9.17) is 0 Å². The molecule has 1 aliphatic carbocycles. The molecular formula is C26H26F5N5O2. The second-order valence-electron chi connectivity index (χ2n) is 9.81. The Bertz CT molecular complexity index is 1420. The summed E-state index contributed by atoms with van der Waals surface area (Å²) in [6.45, 7) is 2.19. The molecule has 0 bridgehead atoms. The Morgan fingerprint density at radius 1 is 1.18 bits per heavy atom. The van der Waals surface area contributed by atoms with Crippen molar-refractivity contribution in [1.29, 1.82) is 0 Å². The van der Waals surface area contributed by atoms with Gasteiger partial charge in [0.25, 0.3) is 24.3 Å². The van der Waals surface area contributed by atoms with E-state index in [0.717, 1.165) is 41.6 Å². The average Bonchev–Trinajstić information content (AvgIpc) is 3.53. The predicted molar refractivity (Wildman–Crippen MR) is 129 cm³/mol. The van der Waals surface area contributed by atoms with Gasteiger partial charge in [0.05, 0.1) is 47.1 Å². The number of nitrogens with one attached hydrogen (secondary N) is 2. The summed E-state index contributed by atoms with van der Waals surface area (Å²) in [5, 5.41) is 5.77. The molecule has 12 heteroatoms. The molecule has 7 nitrogen and oxygen atoms in total. The Morgan fingerprint density at radius 3 is 2.61 bits per heavy atom. The summed E-state index contributed by atoms with van der Waals surface area (Å²) in [6, 6.07) is 3.30. The Labute approximate surface area is 214 Å². The molecule has 1 fully saturated rings. The third kappa shape index (κ3) is 4.56. The van der Waals surface area contributed by atoms with Gasteiger partial charge in [-0.05, 0) is 32.6 Å². The standard InChI is InChI=1S/C26H26F5N5O2/c1-14(15-4-2-5-16(22(15)27)23(28)29)33-24(38)17-12-36(26(7-8-26)25(30)31)21(37)10-19(17)34-18-6-3-9-35-13-32-11-20(18)35/h2,4-5,10-14,18,23,25,34H,3,6-9H2,1H3,(H,33,38)/t14?,18-/m1/s1. The van der Waals surface area contributed by atoms with Gasteiger partial charge in [-0.25, -0.2) is 26.9 Å². The van der Waals surface area contributed by atoms with Crippen LogP contribution in [0.1, 0.15) is 78.3 Å². The Hall–Kier alpha value is -3.70. The maximum absolute atomic E-state index is 14.7. The molecule has 2 atom stereocenters. The van der Waals surface area contributed by atoms with E-state index in [9.17, 15) is 31.5 Å². The van der Waals surface area contributed by atoms with Crippen molar-refractivity contribution in [3.63, 3.8) is 0 Å². The fraction of sp³-hybridized carbons (Fsp3) is 0.423. The number of anilines is 1. The first-order valence-electron chi connectivity index (χ1n) is 12.3. The van der Waals surface area contributed by atoms with Gasteiger partial charge in [0.15, 0.2) is 0 Å². The molecule has 1 unspecified atom stereocenters. The summed E-state index contributed by atoms with van der Waals surface area (Å²) in [5.41, 5.74) is -2.43. The number of imidazole rings is 1. The van der Waals surface area contributed by atoms with Crippen LogP contribution in [-0.2, 0) is 12.1 Å². The van der Waals surface area contributed by atoms with Gasteiger partial charge in [0.2, 0.25) is 0 Å². The largest absolute Gasteiger partial charge is 0.376 e. The lowest BCUT2D eigenvalue weighted by atomic mass is 10.0. The zero-order valence-corrected chi connectivity index (χ0v) is 20.4. The third-order valence-electron chi connectivity index (χ3n) is 7.38. The van der Waals surface area contributed by atoms with Gasteiger partial charge in [-0.1, -0.05) is 18.2 Å². The molecule has 3 heterocycles. The smallest absolute Gasteiger partial charge is 0.266 e. The molecule has 5 rings (SSSR count). The second kappa shape index (κ2) is 9.88. The number of aromatic nitrogens is 3. The summed E-state index contributed by atoms with van der Waals surface area (Å²) in [4.78, 5) is 30.6. The first kappa shape index (κ1) is 25.9. The number of rotatable bonds is 8. The number of carbonyl (C=O) groups is 1. The molecule has 38 heavy (non-hydrogen) atoms. The highest BCUT2D eigenvalue weighted by atomic mass is 19.3. The second-order valence-corrected chi connectivity index (χ2v) is 9.81. The van der Waals surface area contributed by atoms with E-state index >= 15 is 0 Å². The number of nitrogens with zero attached hydrogens (tertiary/aromatic N) is 3. The number of hydrogen-bond acceptors (Lipinski definition) is 4. The van der Waals surface area contributed by atoms with Crippen LogP contribution in [0.15, 0.2) is 47.8 Å². The van der Waals surface area contributed by atoms with Gasteiger partial charge >= 0.3 is 0 Å². The van der Waals surface area contributed by atoms with E-state index in [0.29, 0.717) is 6.42 Å². The maximum atomic E-state index is 14.7. The number of alkyl halides is 4. The molecule has 0 saturated heterocycles. The lowest BCUT2D eigenvalue weighted by molar-refractivity contribution is 0.0648. The Balaban J connectivity index is 1.51. The summed E-state index contributed by atoms with van der Waals surface area (Å²) >= 11 is 0. The van der Waals surface area contributed by atoms with Crippen molar-refractivity contribution in [2.24, 2.45) is 0 Å². The topological polar surface area (TPSA) is 81.0 Å². The lowest BCUT2D eigenvalue weighted by Gasteiger charge is -2.28. The number of fused-ring (bicyclic) bond motifs is 1. The van der Waals surface area contributed by atoms with Crippen molar-refractivity contribution in [3.05, 3.63) is 81.5 Å². The zero-order valence-electron chi connectivity index (χ0n) is 20.4. The summed E-state index contributed by atoms with van der Waals surface area (Å²) < 4.78 is 71.7. The van der Waals surface area contributed by atoms with Gasteiger partial charge in [-0.2, -0.15) is 0 Å². The fourth-order valence-corrected chi connectivity index (χ4v) is 5.05. The van der Waals surface area contributed by atoms with Crippen LogP contribution in [0.3, 0.4) is 0 Å². The average molecular weight is 536 g/mol. The van der Waals surface area contributed by atoms with Crippen LogP contribution >= 0.6 is 0 Å². The van der Waals surface area contributed by atoms with Crippen LogP contribution in [0.4, 0.5) is 27.6 Å². The molecule has 0 spiro atoms. The minimum absolute atomic E-state index is 0.0856. The van der Waals surface area contributed by atoms with Crippen LogP contribution in [0.25, 0.3) is 0 Å². The molecule has 1 amide bonds. The molecular weight excluding hydrogens is 509 g/mol. The van der Waals surface area contributed by atoms with Gasteiger partial charge in [0, 0.05) is 24.4 Å². The number of pyridine rings is 1. The van der Waals surface area contributed by atoms with Crippen molar-refractivity contribution in [2.75, 3.05) is 5.32 Å². The van der Waals surface area contributed by atoms with E-state index in [-0.39, 0.29) is 35.7 Å². The van der Waals surface area contributed by atoms with Gasteiger partial charge in [-0.15, -0.1) is 0 Å². The van der Waals surface area contributed by atoms with E-state index in [1.807, 2.05) is 4.57 Å². The van der Waals surface area contributed by atoms with E-state index in [1.165, 1.54) is 19.1 Å².